The third-order valence-electron chi connectivity index (χ3n) is 3.39. The lowest BCUT2D eigenvalue weighted by molar-refractivity contribution is 0.0947. The van der Waals surface area contributed by atoms with Gasteiger partial charge in [-0.25, -0.2) is 8.78 Å². The number of hydrogen-bond acceptors (Lipinski definition) is 2. The Kier molecular flexibility index (Phi) is 5.13. The van der Waals surface area contributed by atoms with Gasteiger partial charge in [0, 0.05) is 17.7 Å². The number of ether oxygens (including phenoxy) is 1. The summed E-state index contributed by atoms with van der Waals surface area (Å²) in [6.07, 6.45) is 2.94. The average molecular weight is 290 g/mol. The molecule has 2 atom stereocenters. The van der Waals surface area contributed by atoms with Crippen LogP contribution in [-0.4, -0.2) is 19.3 Å². The number of benzene rings is 1. The van der Waals surface area contributed by atoms with Gasteiger partial charge in [-0.2, -0.15) is 0 Å². The molecule has 0 aromatic heterocycles. The standard InChI is InChI=1S/C14H18ClF2NO/c1-2-18-14(6-9-4-3-5-19-9)10-7-12(16)13(17)8-11(10)15/h7-9,14,18H,2-6H2,1H3. The first-order chi connectivity index (χ1) is 9.11. The number of rotatable bonds is 5. The maximum Gasteiger partial charge on any atom is 0.160 e. The molecule has 0 spiro atoms. The van der Waals surface area contributed by atoms with E-state index in [-0.39, 0.29) is 17.2 Å². The highest BCUT2D eigenvalue weighted by molar-refractivity contribution is 6.31. The largest absolute Gasteiger partial charge is 0.378 e. The van der Waals surface area contributed by atoms with Gasteiger partial charge in [0.25, 0.3) is 0 Å². The van der Waals surface area contributed by atoms with E-state index in [0.717, 1.165) is 38.5 Å². The van der Waals surface area contributed by atoms with Gasteiger partial charge in [0.2, 0.25) is 0 Å². The van der Waals surface area contributed by atoms with Gasteiger partial charge in [0.05, 0.1) is 6.10 Å². The van der Waals surface area contributed by atoms with Crippen molar-refractivity contribution in [2.24, 2.45) is 0 Å². The van der Waals surface area contributed by atoms with E-state index in [1.807, 2.05) is 6.92 Å². The van der Waals surface area contributed by atoms with Gasteiger partial charge >= 0.3 is 0 Å². The molecule has 0 bridgehead atoms. The Morgan fingerprint density at radius 3 is 2.79 bits per heavy atom. The van der Waals surface area contributed by atoms with Crippen molar-refractivity contribution in [3.63, 3.8) is 0 Å². The highest BCUT2D eigenvalue weighted by Gasteiger charge is 2.24. The Morgan fingerprint density at radius 2 is 2.16 bits per heavy atom. The average Bonchev–Trinajstić information content (AvgIpc) is 2.86. The maximum absolute atomic E-state index is 13.4. The monoisotopic (exact) mass is 289 g/mol. The van der Waals surface area contributed by atoms with E-state index in [0.29, 0.717) is 5.56 Å². The Morgan fingerprint density at radius 1 is 1.42 bits per heavy atom. The molecule has 106 valence electrons. The minimum Gasteiger partial charge on any atom is -0.378 e. The summed E-state index contributed by atoms with van der Waals surface area (Å²) in [5.41, 5.74) is 0.595. The molecule has 1 aromatic rings. The molecule has 1 aliphatic rings. The molecule has 2 rings (SSSR count). The molecule has 1 saturated heterocycles. The molecule has 0 aliphatic carbocycles. The van der Waals surface area contributed by atoms with Crippen molar-refractivity contribution in [2.45, 2.75) is 38.3 Å². The first-order valence-electron chi connectivity index (χ1n) is 6.61. The molecule has 19 heavy (non-hydrogen) atoms. The highest BCUT2D eigenvalue weighted by atomic mass is 35.5. The van der Waals surface area contributed by atoms with Crippen LogP contribution in [0.15, 0.2) is 12.1 Å². The van der Waals surface area contributed by atoms with Crippen LogP contribution in [0.3, 0.4) is 0 Å². The molecule has 1 heterocycles. The fourth-order valence-electron chi connectivity index (χ4n) is 2.46. The lowest BCUT2D eigenvalue weighted by atomic mass is 9.99. The van der Waals surface area contributed by atoms with Crippen LogP contribution in [0.2, 0.25) is 5.02 Å². The molecule has 2 nitrogen and oxygen atoms in total. The van der Waals surface area contributed by atoms with E-state index in [4.69, 9.17) is 16.3 Å². The normalized spacial score (nSPS) is 20.7. The number of nitrogens with one attached hydrogen (secondary N) is 1. The topological polar surface area (TPSA) is 21.3 Å². The van der Waals surface area contributed by atoms with E-state index in [1.54, 1.807) is 0 Å². The third kappa shape index (κ3) is 3.65. The van der Waals surface area contributed by atoms with E-state index in [9.17, 15) is 8.78 Å². The van der Waals surface area contributed by atoms with E-state index < -0.39 is 11.6 Å². The first-order valence-corrected chi connectivity index (χ1v) is 6.99. The molecule has 0 radical (unpaired) electrons. The minimum absolute atomic E-state index is 0.115. The molecule has 2 unspecified atom stereocenters. The maximum atomic E-state index is 13.4. The van der Waals surface area contributed by atoms with Crippen LogP contribution in [0.4, 0.5) is 8.78 Å². The molecule has 1 fully saturated rings. The zero-order valence-electron chi connectivity index (χ0n) is 10.9. The second-order valence-corrected chi connectivity index (χ2v) is 5.18. The Bertz CT molecular complexity index is 436. The summed E-state index contributed by atoms with van der Waals surface area (Å²) in [7, 11) is 0. The first kappa shape index (κ1) is 14.7. The lowest BCUT2D eigenvalue weighted by Gasteiger charge is -2.22. The quantitative estimate of drug-likeness (QED) is 0.832. The van der Waals surface area contributed by atoms with Crippen LogP contribution >= 0.6 is 11.6 Å². The molecular formula is C14H18ClF2NO. The third-order valence-corrected chi connectivity index (χ3v) is 3.72. The lowest BCUT2D eigenvalue weighted by Crippen LogP contribution is -2.25. The van der Waals surface area contributed by atoms with Crippen molar-refractivity contribution in [1.29, 1.82) is 0 Å². The molecule has 0 amide bonds. The van der Waals surface area contributed by atoms with Gasteiger partial charge < -0.3 is 10.1 Å². The second-order valence-electron chi connectivity index (χ2n) is 4.77. The van der Waals surface area contributed by atoms with Gasteiger partial charge in [0.15, 0.2) is 11.6 Å². The molecule has 0 saturated carbocycles. The van der Waals surface area contributed by atoms with E-state index >= 15 is 0 Å². The van der Waals surface area contributed by atoms with Crippen LogP contribution in [0.5, 0.6) is 0 Å². The summed E-state index contributed by atoms with van der Waals surface area (Å²) in [5.74, 6) is -1.78. The van der Waals surface area contributed by atoms with Crippen LogP contribution in [0.25, 0.3) is 0 Å². The summed E-state index contributed by atoms with van der Waals surface area (Å²) in [5, 5.41) is 3.51. The summed E-state index contributed by atoms with van der Waals surface area (Å²) in [6, 6.07) is 2.10. The van der Waals surface area contributed by atoms with Gasteiger partial charge in [0.1, 0.15) is 0 Å². The van der Waals surface area contributed by atoms with Crippen LogP contribution in [0.1, 0.15) is 37.8 Å². The van der Waals surface area contributed by atoms with Crippen LogP contribution < -0.4 is 5.32 Å². The Hall–Kier alpha value is -0.710. The predicted molar refractivity (Wildman–Crippen MR) is 71.4 cm³/mol. The second kappa shape index (κ2) is 6.64. The molecule has 5 heteroatoms. The van der Waals surface area contributed by atoms with Crippen LogP contribution in [0, 0.1) is 11.6 Å². The van der Waals surface area contributed by atoms with Gasteiger partial charge in [-0.05, 0) is 43.5 Å². The van der Waals surface area contributed by atoms with E-state index in [2.05, 4.69) is 5.32 Å². The SMILES string of the molecule is CCNC(CC1CCCO1)c1cc(F)c(F)cc1Cl. The number of halogens is 3. The number of hydrogen-bond donors (Lipinski definition) is 1. The summed E-state index contributed by atoms with van der Waals surface area (Å²) in [6.45, 7) is 3.47. The van der Waals surface area contributed by atoms with Crippen molar-refractivity contribution >= 4 is 11.6 Å². The summed E-state index contributed by atoms with van der Waals surface area (Å²) in [4.78, 5) is 0. The van der Waals surface area contributed by atoms with Crippen molar-refractivity contribution < 1.29 is 13.5 Å². The van der Waals surface area contributed by atoms with Gasteiger partial charge in [-0.3, -0.25) is 0 Å². The van der Waals surface area contributed by atoms with Crippen molar-refractivity contribution in [2.75, 3.05) is 13.2 Å². The van der Waals surface area contributed by atoms with Crippen molar-refractivity contribution in [3.8, 4) is 0 Å². The molecular weight excluding hydrogens is 272 g/mol. The minimum atomic E-state index is -0.916. The fraction of sp³-hybridized carbons (Fsp3) is 0.571. The van der Waals surface area contributed by atoms with Crippen molar-refractivity contribution in [3.05, 3.63) is 34.4 Å². The van der Waals surface area contributed by atoms with E-state index in [1.165, 1.54) is 6.07 Å². The van der Waals surface area contributed by atoms with Crippen molar-refractivity contribution in [1.82, 2.24) is 5.32 Å². The summed E-state index contributed by atoms with van der Waals surface area (Å²) >= 11 is 6.03. The summed E-state index contributed by atoms with van der Waals surface area (Å²) < 4.78 is 32.1. The molecule has 1 aliphatic heterocycles. The van der Waals surface area contributed by atoms with Crippen LogP contribution in [-0.2, 0) is 4.74 Å². The van der Waals surface area contributed by atoms with Gasteiger partial charge in [-0.15, -0.1) is 0 Å². The zero-order chi connectivity index (χ0) is 13.8. The Labute approximate surface area is 117 Å². The zero-order valence-corrected chi connectivity index (χ0v) is 11.6. The predicted octanol–water partition coefficient (Wildman–Crippen LogP) is 3.84. The highest BCUT2D eigenvalue weighted by Crippen LogP contribution is 2.31. The van der Waals surface area contributed by atoms with Gasteiger partial charge in [-0.1, -0.05) is 18.5 Å². The fourth-order valence-corrected chi connectivity index (χ4v) is 2.75. The Balaban J connectivity index is 2.19. The molecule has 1 aromatic carbocycles. The molecule has 1 N–H and O–H groups in total. The smallest absolute Gasteiger partial charge is 0.160 e.